The minimum atomic E-state index is -3.81. The maximum atomic E-state index is 13.5. The molecule has 4 aromatic carbocycles. The van der Waals surface area contributed by atoms with Gasteiger partial charge in [0.05, 0.1) is 18.2 Å². The van der Waals surface area contributed by atoms with Crippen LogP contribution in [-0.2, 0) is 21.4 Å². The van der Waals surface area contributed by atoms with Gasteiger partial charge < -0.3 is 4.74 Å². The second kappa shape index (κ2) is 11.0. The molecule has 36 heavy (non-hydrogen) atoms. The first kappa shape index (κ1) is 24.9. The number of hydrogen-bond acceptors (Lipinski definition) is 5. The summed E-state index contributed by atoms with van der Waals surface area (Å²) in [5, 5.41) is 6.21. The van der Waals surface area contributed by atoms with Crippen molar-refractivity contribution in [1.29, 1.82) is 0 Å². The van der Waals surface area contributed by atoms with Gasteiger partial charge in [0, 0.05) is 0 Å². The molecule has 0 fully saturated rings. The highest BCUT2D eigenvalue weighted by atomic mass is 32.2. The molecule has 7 nitrogen and oxygen atoms in total. The quantitative estimate of drug-likeness (QED) is 0.269. The predicted octanol–water partition coefficient (Wildman–Crippen LogP) is 4.47. The summed E-state index contributed by atoms with van der Waals surface area (Å²) in [6.45, 7) is -0.113. The van der Waals surface area contributed by atoms with E-state index in [4.69, 9.17) is 4.74 Å². The predicted molar refractivity (Wildman–Crippen MR) is 139 cm³/mol. The van der Waals surface area contributed by atoms with Gasteiger partial charge >= 0.3 is 0 Å². The number of hydrogen-bond donors (Lipinski definition) is 1. The number of rotatable bonds is 9. The lowest BCUT2D eigenvalue weighted by atomic mass is 10.1. The van der Waals surface area contributed by atoms with Crippen molar-refractivity contribution in [3.8, 4) is 5.75 Å². The number of halogens is 1. The third-order valence-corrected chi connectivity index (χ3v) is 6.43. The van der Waals surface area contributed by atoms with Gasteiger partial charge in [-0.25, -0.2) is 18.2 Å². The van der Waals surface area contributed by atoms with E-state index in [0.29, 0.717) is 17.9 Å². The van der Waals surface area contributed by atoms with Crippen LogP contribution in [0, 0.1) is 5.82 Å². The Bertz CT molecular complexity index is 1510. The van der Waals surface area contributed by atoms with Crippen LogP contribution in [0.3, 0.4) is 0 Å². The van der Waals surface area contributed by atoms with Gasteiger partial charge in [0.1, 0.15) is 24.7 Å². The van der Waals surface area contributed by atoms with E-state index in [0.717, 1.165) is 27.6 Å². The Kier molecular flexibility index (Phi) is 7.60. The molecule has 0 radical (unpaired) electrons. The Hall–Kier alpha value is -4.24. The number of carbonyl (C=O) groups is 1. The van der Waals surface area contributed by atoms with E-state index < -0.39 is 28.3 Å². The Balaban J connectivity index is 1.31. The van der Waals surface area contributed by atoms with Crippen LogP contribution in [0.15, 0.2) is 96.1 Å². The van der Waals surface area contributed by atoms with Gasteiger partial charge in [0.25, 0.3) is 5.91 Å². The van der Waals surface area contributed by atoms with Gasteiger partial charge in [0.15, 0.2) is 0 Å². The van der Waals surface area contributed by atoms with Gasteiger partial charge in [-0.3, -0.25) is 9.10 Å². The van der Waals surface area contributed by atoms with Crippen molar-refractivity contribution in [2.75, 3.05) is 17.1 Å². The highest BCUT2D eigenvalue weighted by Gasteiger charge is 2.21. The topological polar surface area (TPSA) is 88.1 Å². The molecular formula is C27H24FN3O4S. The smallest absolute Gasteiger partial charge is 0.260 e. The molecule has 4 rings (SSSR count). The van der Waals surface area contributed by atoms with Crippen LogP contribution in [-0.4, -0.2) is 33.3 Å². The van der Waals surface area contributed by atoms with Crippen LogP contribution in [0.5, 0.6) is 5.75 Å². The van der Waals surface area contributed by atoms with Crippen molar-refractivity contribution in [1.82, 2.24) is 5.43 Å². The summed E-state index contributed by atoms with van der Waals surface area (Å²) in [4.78, 5) is 12.3. The Labute approximate surface area is 208 Å². The highest BCUT2D eigenvalue weighted by molar-refractivity contribution is 7.92. The third kappa shape index (κ3) is 6.67. The molecule has 0 heterocycles. The van der Waals surface area contributed by atoms with Gasteiger partial charge in [-0.05, 0) is 70.4 Å². The second-order valence-corrected chi connectivity index (χ2v) is 9.99. The van der Waals surface area contributed by atoms with Gasteiger partial charge in [-0.15, -0.1) is 0 Å². The average Bonchev–Trinajstić information content (AvgIpc) is 2.86. The van der Waals surface area contributed by atoms with Crippen molar-refractivity contribution in [3.63, 3.8) is 0 Å². The Morgan fingerprint density at radius 1 is 0.972 bits per heavy atom. The van der Waals surface area contributed by atoms with Gasteiger partial charge in [-0.1, -0.05) is 42.5 Å². The fourth-order valence-electron chi connectivity index (χ4n) is 3.52. The number of ether oxygens (including phenoxy) is 1. The first-order valence-corrected chi connectivity index (χ1v) is 12.9. The number of amides is 1. The van der Waals surface area contributed by atoms with Crippen LogP contribution in [0.4, 0.5) is 10.1 Å². The van der Waals surface area contributed by atoms with E-state index in [1.54, 1.807) is 24.3 Å². The van der Waals surface area contributed by atoms with Crippen molar-refractivity contribution >= 4 is 38.6 Å². The number of nitrogens with zero attached hydrogens (tertiary/aromatic N) is 2. The van der Waals surface area contributed by atoms with E-state index in [1.165, 1.54) is 29.8 Å². The molecule has 1 amide bonds. The van der Waals surface area contributed by atoms with E-state index in [9.17, 15) is 17.6 Å². The monoisotopic (exact) mass is 505 g/mol. The van der Waals surface area contributed by atoms with Crippen molar-refractivity contribution in [2.45, 2.75) is 6.61 Å². The SMILES string of the molecule is CS(=O)(=O)N(CC(=O)N/N=C\c1ccc(OCc2ccc3ccccc3c2)cc1)c1cccc(F)c1. The fourth-order valence-corrected chi connectivity index (χ4v) is 4.37. The normalized spacial score (nSPS) is 11.5. The lowest BCUT2D eigenvalue weighted by Crippen LogP contribution is -2.39. The first-order chi connectivity index (χ1) is 17.3. The summed E-state index contributed by atoms with van der Waals surface area (Å²) in [5.41, 5.74) is 4.11. The summed E-state index contributed by atoms with van der Waals surface area (Å²) in [6.07, 6.45) is 2.37. The molecular weight excluding hydrogens is 481 g/mol. The molecule has 4 aromatic rings. The summed E-state index contributed by atoms with van der Waals surface area (Å²) in [6, 6.07) is 26.5. The molecule has 0 unspecified atom stereocenters. The zero-order chi connectivity index (χ0) is 25.5. The largest absolute Gasteiger partial charge is 0.489 e. The Morgan fingerprint density at radius 3 is 2.44 bits per heavy atom. The average molecular weight is 506 g/mol. The first-order valence-electron chi connectivity index (χ1n) is 11.0. The minimum Gasteiger partial charge on any atom is -0.489 e. The van der Waals surface area contributed by atoms with E-state index in [-0.39, 0.29) is 5.69 Å². The number of anilines is 1. The zero-order valence-corrected chi connectivity index (χ0v) is 20.3. The van der Waals surface area contributed by atoms with Crippen molar-refractivity contribution < 1.29 is 22.3 Å². The third-order valence-electron chi connectivity index (χ3n) is 5.29. The number of fused-ring (bicyclic) bond motifs is 1. The minimum absolute atomic E-state index is 0.0518. The molecule has 9 heteroatoms. The molecule has 0 bridgehead atoms. The lowest BCUT2D eigenvalue weighted by Gasteiger charge is -2.21. The number of sulfonamides is 1. The van der Waals surface area contributed by atoms with Crippen molar-refractivity contribution in [2.24, 2.45) is 5.10 Å². The van der Waals surface area contributed by atoms with Crippen LogP contribution in [0.25, 0.3) is 10.8 Å². The molecule has 0 spiro atoms. The van der Waals surface area contributed by atoms with Crippen molar-refractivity contribution in [3.05, 3.63) is 108 Å². The van der Waals surface area contributed by atoms with Crippen LogP contribution < -0.4 is 14.5 Å². The maximum absolute atomic E-state index is 13.5. The number of nitrogens with one attached hydrogen (secondary N) is 1. The molecule has 0 aromatic heterocycles. The summed E-state index contributed by atoms with van der Waals surface area (Å²) in [7, 11) is -3.81. The van der Waals surface area contributed by atoms with E-state index in [1.807, 2.05) is 18.2 Å². The van der Waals surface area contributed by atoms with Crippen LogP contribution in [0.1, 0.15) is 11.1 Å². The Morgan fingerprint density at radius 2 is 1.72 bits per heavy atom. The molecule has 0 aliphatic rings. The standard InChI is InChI=1S/C27H24FN3O4S/c1-36(33,34)31(25-8-4-7-24(28)16-25)18-27(32)30-29-17-20-10-13-26(14-11-20)35-19-21-9-12-22-5-2-3-6-23(22)15-21/h2-17H,18-19H2,1H3,(H,30,32)/b29-17-. The lowest BCUT2D eigenvalue weighted by molar-refractivity contribution is -0.119. The van der Waals surface area contributed by atoms with Gasteiger partial charge in [0.2, 0.25) is 10.0 Å². The number of benzene rings is 4. The van der Waals surface area contributed by atoms with Gasteiger partial charge in [-0.2, -0.15) is 5.10 Å². The summed E-state index contributed by atoms with van der Waals surface area (Å²) >= 11 is 0. The molecule has 184 valence electrons. The summed E-state index contributed by atoms with van der Waals surface area (Å²) < 4.78 is 44.3. The molecule has 0 saturated carbocycles. The highest BCUT2D eigenvalue weighted by Crippen LogP contribution is 2.19. The summed E-state index contributed by atoms with van der Waals surface area (Å²) in [5.74, 6) is -0.594. The van der Waals surface area contributed by atoms with Crippen LogP contribution >= 0.6 is 0 Å². The molecule has 0 aliphatic heterocycles. The van der Waals surface area contributed by atoms with E-state index in [2.05, 4.69) is 34.8 Å². The fraction of sp³-hybridized carbons (Fsp3) is 0.111. The molecule has 0 aliphatic carbocycles. The maximum Gasteiger partial charge on any atom is 0.260 e. The number of carbonyl (C=O) groups excluding carboxylic acids is 1. The molecule has 0 saturated heterocycles. The van der Waals surface area contributed by atoms with E-state index >= 15 is 0 Å². The van der Waals surface area contributed by atoms with Crippen LogP contribution in [0.2, 0.25) is 0 Å². The number of hydrazone groups is 1. The second-order valence-electron chi connectivity index (χ2n) is 8.08. The molecule has 0 atom stereocenters. The molecule has 1 N–H and O–H groups in total. The zero-order valence-electron chi connectivity index (χ0n) is 19.5.